The minimum absolute atomic E-state index is 0.0757. The summed E-state index contributed by atoms with van der Waals surface area (Å²) in [5.41, 5.74) is 0.916. The van der Waals surface area contributed by atoms with E-state index in [0.717, 1.165) is 5.56 Å². The van der Waals surface area contributed by atoms with Crippen molar-refractivity contribution >= 4 is 17.7 Å². The van der Waals surface area contributed by atoms with Crippen LogP contribution in [0.25, 0.3) is 0 Å². The first kappa shape index (κ1) is 15.9. The molecule has 0 saturated heterocycles. The van der Waals surface area contributed by atoms with Gasteiger partial charge in [-0.15, -0.1) is 0 Å². The Morgan fingerprint density at radius 1 is 1.40 bits per heavy atom. The summed E-state index contributed by atoms with van der Waals surface area (Å²) in [5.74, 6) is -1.50. The molecule has 1 aromatic carbocycles. The fourth-order valence-corrected chi connectivity index (χ4v) is 1.73. The minimum Gasteiger partial charge on any atom is -0.481 e. The highest BCUT2D eigenvalue weighted by atomic mass is 19.1. The summed E-state index contributed by atoms with van der Waals surface area (Å²) in [6, 6.07) is 3.73. The maximum atomic E-state index is 13.6. The van der Waals surface area contributed by atoms with Crippen molar-refractivity contribution in [3.8, 4) is 0 Å². The van der Waals surface area contributed by atoms with Crippen molar-refractivity contribution < 1.29 is 19.1 Å². The summed E-state index contributed by atoms with van der Waals surface area (Å²) in [7, 11) is 0. The molecule has 0 unspecified atom stereocenters. The van der Waals surface area contributed by atoms with Crippen LogP contribution in [-0.4, -0.2) is 34.6 Å². The fraction of sp³-hybridized carbons (Fsp3) is 0.429. The maximum absolute atomic E-state index is 13.6. The smallest absolute Gasteiger partial charge is 0.322 e. The lowest BCUT2D eigenvalue weighted by Crippen LogP contribution is -2.41. The predicted molar refractivity (Wildman–Crippen MR) is 74.3 cm³/mol. The SMILES string of the molecule is Cc1ccc(F)c(NC(=O)N(CCC(=O)O)C(C)C)c1. The number of nitrogens with zero attached hydrogens (tertiary/aromatic N) is 1. The third-order valence-corrected chi connectivity index (χ3v) is 2.81. The number of nitrogens with one attached hydrogen (secondary N) is 1. The summed E-state index contributed by atoms with van der Waals surface area (Å²) < 4.78 is 13.6. The zero-order valence-corrected chi connectivity index (χ0v) is 11.8. The molecular formula is C14H19FN2O3. The van der Waals surface area contributed by atoms with E-state index in [1.165, 1.54) is 17.0 Å². The van der Waals surface area contributed by atoms with E-state index in [0.29, 0.717) is 0 Å². The van der Waals surface area contributed by atoms with Crippen molar-refractivity contribution in [1.82, 2.24) is 4.90 Å². The van der Waals surface area contributed by atoms with Crippen LogP contribution < -0.4 is 5.32 Å². The van der Waals surface area contributed by atoms with Gasteiger partial charge in [-0.1, -0.05) is 6.07 Å². The summed E-state index contributed by atoms with van der Waals surface area (Å²) >= 11 is 0. The Labute approximate surface area is 117 Å². The summed E-state index contributed by atoms with van der Waals surface area (Å²) in [6.45, 7) is 5.41. The van der Waals surface area contributed by atoms with Gasteiger partial charge in [0.05, 0.1) is 12.1 Å². The minimum atomic E-state index is -0.981. The molecule has 110 valence electrons. The van der Waals surface area contributed by atoms with Gasteiger partial charge in [-0.25, -0.2) is 9.18 Å². The lowest BCUT2D eigenvalue weighted by atomic mass is 10.2. The number of carboxylic acids is 1. The van der Waals surface area contributed by atoms with Crippen LogP contribution in [0, 0.1) is 12.7 Å². The first-order chi connectivity index (χ1) is 9.31. The molecule has 0 heterocycles. The Morgan fingerprint density at radius 2 is 2.05 bits per heavy atom. The molecule has 5 nitrogen and oxygen atoms in total. The van der Waals surface area contributed by atoms with Gasteiger partial charge < -0.3 is 15.3 Å². The molecule has 1 rings (SSSR count). The quantitative estimate of drug-likeness (QED) is 0.872. The van der Waals surface area contributed by atoms with Crippen LogP contribution in [0.5, 0.6) is 0 Å². The third kappa shape index (κ3) is 4.53. The van der Waals surface area contributed by atoms with Crippen LogP contribution in [-0.2, 0) is 4.79 Å². The van der Waals surface area contributed by atoms with E-state index in [1.807, 2.05) is 0 Å². The number of hydrogen-bond donors (Lipinski definition) is 2. The molecule has 0 aliphatic rings. The highest BCUT2D eigenvalue weighted by molar-refractivity contribution is 5.90. The van der Waals surface area contributed by atoms with Gasteiger partial charge in [0.15, 0.2) is 0 Å². The Kier molecular flexibility index (Phi) is 5.49. The Bertz CT molecular complexity index is 503. The topological polar surface area (TPSA) is 69.6 Å². The number of benzene rings is 1. The number of carbonyl (C=O) groups is 2. The van der Waals surface area contributed by atoms with Crippen LogP contribution in [0.15, 0.2) is 18.2 Å². The molecule has 0 spiro atoms. The number of aliphatic carboxylic acids is 1. The third-order valence-electron chi connectivity index (χ3n) is 2.81. The number of carboxylic acid groups (broad SMARTS) is 1. The number of anilines is 1. The first-order valence-corrected chi connectivity index (χ1v) is 6.37. The van der Waals surface area contributed by atoms with Crippen molar-refractivity contribution in [1.29, 1.82) is 0 Å². The molecule has 0 aliphatic heterocycles. The highest BCUT2D eigenvalue weighted by Crippen LogP contribution is 2.16. The van der Waals surface area contributed by atoms with Gasteiger partial charge in [0.25, 0.3) is 0 Å². The van der Waals surface area contributed by atoms with Crippen LogP contribution >= 0.6 is 0 Å². The largest absolute Gasteiger partial charge is 0.481 e. The molecule has 0 bridgehead atoms. The summed E-state index contributed by atoms with van der Waals surface area (Å²) in [6.07, 6.45) is -0.151. The van der Waals surface area contributed by atoms with E-state index < -0.39 is 17.8 Å². The molecule has 1 aromatic rings. The normalized spacial score (nSPS) is 10.4. The van der Waals surface area contributed by atoms with Gasteiger partial charge in [0.1, 0.15) is 5.82 Å². The van der Waals surface area contributed by atoms with Crippen molar-refractivity contribution in [2.24, 2.45) is 0 Å². The van der Waals surface area contributed by atoms with Gasteiger partial charge in [-0.2, -0.15) is 0 Å². The Morgan fingerprint density at radius 3 is 2.60 bits per heavy atom. The standard InChI is InChI=1S/C14H19FN2O3/c1-9(2)17(7-6-13(18)19)14(20)16-12-8-10(3)4-5-11(12)15/h4-5,8-9H,6-7H2,1-3H3,(H,16,20)(H,18,19). The Balaban J connectivity index is 2.80. The fourth-order valence-electron chi connectivity index (χ4n) is 1.73. The molecule has 0 radical (unpaired) electrons. The lowest BCUT2D eigenvalue weighted by Gasteiger charge is -2.26. The molecule has 20 heavy (non-hydrogen) atoms. The second-order valence-electron chi connectivity index (χ2n) is 4.84. The van der Waals surface area contributed by atoms with Gasteiger partial charge in [0.2, 0.25) is 0 Å². The number of rotatable bonds is 5. The van der Waals surface area contributed by atoms with Gasteiger partial charge in [-0.05, 0) is 38.5 Å². The van der Waals surface area contributed by atoms with Crippen molar-refractivity contribution in [2.45, 2.75) is 33.2 Å². The monoisotopic (exact) mass is 282 g/mol. The first-order valence-electron chi connectivity index (χ1n) is 6.37. The van der Waals surface area contributed by atoms with E-state index >= 15 is 0 Å². The van der Waals surface area contributed by atoms with Crippen LogP contribution in [0.3, 0.4) is 0 Å². The Hall–Kier alpha value is -2.11. The number of urea groups is 1. The summed E-state index contributed by atoms with van der Waals surface area (Å²) in [4.78, 5) is 24.0. The van der Waals surface area contributed by atoms with Gasteiger partial charge in [-0.3, -0.25) is 4.79 Å². The molecule has 6 heteroatoms. The molecule has 0 saturated carbocycles. The number of aryl methyl sites for hydroxylation is 1. The van der Waals surface area contributed by atoms with E-state index in [1.54, 1.807) is 26.8 Å². The average molecular weight is 282 g/mol. The molecular weight excluding hydrogens is 263 g/mol. The molecule has 0 fully saturated rings. The zero-order valence-electron chi connectivity index (χ0n) is 11.8. The van der Waals surface area contributed by atoms with Crippen molar-refractivity contribution in [3.05, 3.63) is 29.6 Å². The second kappa shape index (κ2) is 6.88. The van der Waals surface area contributed by atoms with Crippen LogP contribution in [0.1, 0.15) is 25.8 Å². The van der Waals surface area contributed by atoms with Gasteiger partial charge >= 0.3 is 12.0 Å². The number of amides is 2. The highest BCUT2D eigenvalue weighted by Gasteiger charge is 2.19. The van der Waals surface area contributed by atoms with E-state index in [2.05, 4.69) is 5.32 Å². The predicted octanol–water partition coefficient (Wildman–Crippen LogP) is 2.85. The maximum Gasteiger partial charge on any atom is 0.322 e. The lowest BCUT2D eigenvalue weighted by molar-refractivity contribution is -0.137. The molecule has 0 aliphatic carbocycles. The van der Waals surface area contributed by atoms with Gasteiger partial charge in [0, 0.05) is 12.6 Å². The summed E-state index contributed by atoms with van der Waals surface area (Å²) in [5, 5.41) is 11.2. The molecule has 2 amide bonds. The number of carbonyl (C=O) groups excluding carboxylic acids is 1. The number of halogens is 1. The van der Waals surface area contributed by atoms with Crippen molar-refractivity contribution in [2.75, 3.05) is 11.9 Å². The zero-order chi connectivity index (χ0) is 15.3. The molecule has 2 N–H and O–H groups in total. The van der Waals surface area contributed by atoms with Crippen LogP contribution in [0.2, 0.25) is 0 Å². The van der Waals surface area contributed by atoms with E-state index in [4.69, 9.17) is 5.11 Å². The molecule has 0 atom stereocenters. The average Bonchev–Trinajstić information content (AvgIpc) is 2.33. The second-order valence-corrected chi connectivity index (χ2v) is 4.84. The van der Waals surface area contributed by atoms with E-state index in [-0.39, 0.29) is 24.7 Å². The van der Waals surface area contributed by atoms with E-state index in [9.17, 15) is 14.0 Å². The molecule has 0 aromatic heterocycles. The number of hydrogen-bond acceptors (Lipinski definition) is 2. The van der Waals surface area contributed by atoms with Crippen molar-refractivity contribution in [3.63, 3.8) is 0 Å². The van der Waals surface area contributed by atoms with Crippen LogP contribution in [0.4, 0.5) is 14.9 Å².